The maximum Gasteiger partial charge on any atom is 0.418 e. The summed E-state index contributed by atoms with van der Waals surface area (Å²) < 4.78 is 39.0. The molecule has 8 heteroatoms. The number of carbonyl (C=O) groups excluding carboxylic acids is 1. The Labute approximate surface area is 155 Å². The lowest BCUT2D eigenvalue weighted by Gasteiger charge is -2.34. The molecule has 0 spiro atoms. The molecule has 1 amide bonds. The van der Waals surface area contributed by atoms with E-state index in [4.69, 9.17) is 0 Å². The lowest BCUT2D eigenvalue weighted by atomic mass is 10.1. The van der Waals surface area contributed by atoms with E-state index in [1.54, 1.807) is 6.20 Å². The number of aromatic nitrogens is 1. The average molecular weight is 378 g/mol. The van der Waals surface area contributed by atoms with Crippen molar-refractivity contribution in [1.82, 2.24) is 14.8 Å². The number of benzene rings is 1. The van der Waals surface area contributed by atoms with E-state index in [9.17, 15) is 18.0 Å². The minimum Gasteiger partial charge on any atom is -0.324 e. The molecule has 1 N–H and O–H groups in total. The fraction of sp³-hybridized carbons (Fsp3) is 0.368. The molecule has 2 heterocycles. The van der Waals surface area contributed by atoms with Crippen LogP contribution in [0.5, 0.6) is 0 Å². The lowest BCUT2D eigenvalue weighted by molar-refractivity contribution is -0.137. The zero-order chi connectivity index (χ0) is 19.3. The van der Waals surface area contributed by atoms with Gasteiger partial charge in [0, 0.05) is 38.9 Å². The van der Waals surface area contributed by atoms with Crippen LogP contribution in [0.15, 0.2) is 48.7 Å². The Balaban J connectivity index is 1.49. The SMILES string of the molecule is O=C(CN1CCN(Cc2ccccn2)CC1)Nc1ccccc1C(F)(F)F. The third kappa shape index (κ3) is 5.51. The molecule has 1 aromatic carbocycles. The first kappa shape index (κ1) is 19.3. The van der Waals surface area contributed by atoms with Crippen LogP contribution in [0, 0.1) is 0 Å². The predicted molar refractivity (Wildman–Crippen MR) is 96.0 cm³/mol. The molecule has 27 heavy (non-hydrogen) atoms. The molecule has 0 radical (unpaired) electrons. The molecule has 2 aromatic rings. The first-order valence-corrected chi connectivity index (χ1v) is 8.72. The monoisotopic (exact) mass is 378 g/mol. The maximum absolute atomic E-state index is 13.0. The van der Waals surface area contributed by atoms with Gasteiger partial charge in [-0.3, -0.25) is 19.6 Å². The van der Waals surface area contributed by atoms with Crippen molar-refractivity contribution in [2.75, 3.05) is 38.0 Å². The molecule has 3 rings (SSSR count). The van der Waals surface area contributed by atoms with Gasteiger partial charge in [-0.25, -0.2) is 0 Å². The first-order chi connectivity index (χ1) is 12.9. The molecule has 1 aliphatic heterocycles. The van der Waals surface area contributed by atoms with Gasteiger partial charge < -0.3 is 5.32 Å². The van der Waals surface area contributed by atoms with Gasteiger partial charge in [-0.2, -0.15) is 13.2 Å². The highest BCUT2D eigenvalue weighted by molar-refractivity contribution is 5.93. The summed E-state index contributed by atoms with van der Waals surface area (Å²) in [4.78, 5) is 20.7. The summed E-state index contributed by atoms with van der Waals surface area (Å²) in [6, 6.07) is 10.8. The molecule has 0 saturated carbocycles. The van der Waals surface area contributed by atoms with Crippen molar-refractivity contribution in [1.29, 1.82) is 0 Å². The highest BCUT2D eigenvalue weighted by Crippen LogP contribution is 2.34. The van der Waals surface area contributed by atoms with E-state index < -0.39 is 17.6 Å². The molecule has 5 nitrogen and oxygen atoms in total. The molecule has 1 aromatic heterocycles. The van der Waals surface area contributed by atoms with E-state index in [0.717, 1.165) is 31.4 Å². The summed E-state index contributed by atoms with van der Waals surface area (Å²) in [5.74, 6) is -0.440. The normalized spacial score (nSPS) is 16.3. The highest BCUT2D eigenvalue weighted by Gasteiger charge is 2.33. The summed E-state index contributed by atoms with van der Waals surface area (Å²) in [5.41, 5.74) is -0.0465. The zero-order valence-electron chi connectivity index (χ0n) is 14.7. The van der Waals surface area contributed by atoms with Gasteiger partial charge in [-0.1, -0.05) is 18.2 Å². The van der Waals surface area contributed by atoms with Crippen LogP contribution in [0.4, 0.5) is 18.9 Å². The van der Waals surface area contributed by atoms with E-state index in [1.165, 1.54) is 18.2 Å². The van der Waals surface area contributed by atoms with Crippen LogP contribution in [0.3, 0.4) is 0 Å². The maximum atomic E-state index is 13.0. The van der Waals surface area contributed by atoms with Gasteiger partial charge in [0.15, 0.2) is 0 Å². The van der Waals surface area contributed by atoms with Crippen molar-refractivity contribution in [2.24, 2.45) is 0 Å². The van der Waals surface area contributed by atoms with E-state index in [2.05, 4.69) is 15.2 Å². The molecule has 144 valence electrons. The molecule has 0 bridgehead atoms. The van der Waals surface area contributed by atoms with Gasteiger partial charge in [-0.15, -0.1) is 0 Å². The van der Waals surface area contributed by atoms with E-state index >= 15 is 0 Å². The van der Waals surface area contributed by atoms with Gasteiger partial charge in [-0.05, 0) is 24.3 Å². The Kier molecular flexibility index (Phi) is 6.08. The summed E-state index contributed by atoms with van der Waals surface area (Å²) >= 11 is 0. The Morgan fingerprint density at radius 3 is 2.33 bits per heavy atom. The molecule has 1 aliphatic rings. The summed E-state index contributed by atoms with van der Waals surface area (Å²) in [5, 5.41) is 2.39. The van der Waals surface area contributed by atoms with E-state index in [0.29, 0.717) is 13.1 Å². The van der Waals surface area contributed by atoms with Crippen LogP contribution in [-0.2, 0) is 17.5 Å². The number of amides is 1. The van der Waals surface area contributed by atoms with Gasteiger partial charge in [0.25, 0.3) is 0 Å². The molecule has 1 fully saturated rings. The van der Waals surface area contributed by atoms with Crippen molar-refractivity contribution in [3.8, 4) is 0 Å². The van der Waals surface area contributed by atoms with Gasteiger partial charge >= 0.3 is 6.18 Å². The van der Waals surface area contributed by atoms with Gasteiger partial charge in [0.1, 0.15) is 0 Å². The number of carbonyl (C=O) groups is 1. The number of halogens is 3. The summed E-state index contributed by atoms with van der Waals surface area (Å²) in [6.07, 6.45) is -2.74. The fourth-order valence-corrected chi connectivity index (χ4v) is 3.06. The molecule has 1 saturated heterocycles. The van der Waals surface area contributed by atoms with Crippen LogP contribution in [-0.4, -0.2) is 53.4 Å². The van der Waals surface area contributed by atoms with Crippen LogP contribution in [0.2, 0.25) is 0 Å². The largest absolute Gasteiger partial charge is 0.418 e. The summed E-state index contributed by atoms with van der Waals surface area (Å²) in [6.45, 7) is 3.75. The minimum absolute atomic E-state index is 0.0730. The van der Waals surface area contributed by atoms with Crippen molar-refractivity contribution in [3.05, 3.63) is 59.9 Å². The molecular weight excluding hydrogens is 357 g/mol. The quantitative estimate of drug-likeness (QED) is 0.869. The van der Waals surface area contributed by atoms with Crippen molar-refractivity contribution in [2.45, 2.75) is 12.7 Å². The van der Waals surface area contributed by atoms with Crippen molar-refractivity contribution < 1.29 is 18.0 Å². The third-order valence-corrected chi connectivity index (χ3v) is 4.45. The van der Waals surface area contributed by atoms with Crippen molar-refractivity contribution in [3.63, 3.8) is 0 Å². The molecular formula is C19H21F3N4O. The van der Waals surface area contributed by atoms with Crippen LogP contribution >= 0.6 is 0 Å². The van der Waals surface area contributed by atoms with E-state index in [1.807, 2.05) is 23.1 Å². The summed E-state index contributed by atoms with van der Waals surface area (Å²) in [7, 11) is 0. The molecule has 0 atom stereocenters. The van der Waals surface area contributed by atoms with Crippen molar-refractivity contribution >= 4 is 11.6 Å². The number of para-hydroxylation sites is 1. The second-order valence-electron chi connectivity index (χ2n) is 6.46. The van der Waals surface area contributed by atoms with Crippen LogP contribution in [0.1, 0.15) is 11.3 Å². The number of pyridine rings is 1. The third-order valence-electron chi connectivity index (χ3n) is 4.45. The van der Waals surface area contributed by atoms with Gasteiger partial charge in [0.05, 0.1) is 23.5 Å². The Morgan fingerprint density at radius 2 is 1.67 bits per heavy atom. The number of nitrogens with zero attached hydrogens (tertiary/aromatic N) is 3. The number of hydrogen-bond donors (Lipinski definition) is 1. The lowest BCUT2D eigenvalue weighted by Crippen LogP contribution is -2.48. The number of piperazine rings is 1. The average Bonchev–Trinajstić information content (AvgIpc) is 2.64. The highest BCUT2D eigenvalue weighted by atomic mass is 19.4. The van der Waals surface area contributed by atoms with Gasteiger partial charge in [0.2, 0.25) is 5.91 Å². The number of hydrogen-bond acceptors (Lipinski definition) is 4. The predicted octanol–water partition coefficient (Wildman–Crippen LogP) is 2.86. The Morgan fingerprint density at radius 1 is 1.00 bits per heavy atom. The number of alkyl halides is 3. The standard InChI is InChI=1S/C19H21F3N4O/c20-19(21,22)16-6-1-2-7-17(16)24-18(27)14-26-11-9-25(10-12-26)13-15-5-3-4-8-23-15/h1-8H,9-14H2,(H,24,27). The minimum atomic E-state index is -4.50. The number of nitrogens with one attached hydrogen (secondary N) is 1. The first-order valence-electron chi connectivity index (χ1n) is 8.72. The number of rotatable bonds is 5. The fourth-order valence-electron chi connectivity index (χ4n) is 3.06. The second kappa shape index (κ2) is 8.49. The Hall–Kier alpha value is -2.45. The van der Waals surface area contributed by atoms with Crippen LogP contribution in [0.25, 0.3) is 0 Å². The molecule has 0 unspecified atom stereocenters. The Bertz CT molecular complexity index is 759. The number of anilines is 1. The topological polar surface area (TPSA) is 48.5 Å². The van der Waals surface area contributed by atoms with Crippen LogP contribution < -0.4 is 5.32 Å². The smallest absolute Gasteiger partial charge is 0.324 e. The molecule has 0 aliphatic carbocycles. The van der Waals surface area contributed by atoms with E-state index in [-0.39, 0.29) is 12.2 Å². The second-order valence-corrected chi connectivity index (χ2v) is 6.46. The zero-order valence-corrected chi connectivity index (χ0v) is 14.7.